The highest BCUT2D eigenvalue weighted by Crippen LogP contribution is 2.29. The van der Waals surface area contributed by atoms with E-state index < -0.39 is 11.3 Å². The van der Waals surface area contributed by atoms with Crippen LogP contribution in [-0.2, 0) is 4.79 Å². The van der Waals surface area contributed by atoms with Gasteiger partial charge in [0.05, 0.1) is 11.8 Å². The van der Waals surface area contributed by atoms with Crippen LogP contribution < -0.4 is 4.90 Å². The average molecular weight is 250 g/mol. The molecule has 0 heterocycles. The fraction of sp³-hybridized carbons (Fsp3) is 0.333. The molecule has 1 rings (SSSR count). The molecule has 0 aliphatic heterocycles. The summed E-state index contributed by atoms with van der Waals surface area (Å²) in [5.74, 6) is -0.264. The first-order chi connectivity index (χ1) is 7.96. The van der Waals surface area contributed by atoms with Gasteiger partial charge in [-0.2, -0.15) is 17.9 Å². The number of hydrogen-bond donors (Lipinski definition) is 2. The molecule has 0 aliphatic rings. The number of carbonyl (C=O) groups is 1. The number of amides is 1. The van der Waals surface area contributed by atoms with Crippen molar-refractivity contribution in [2.75, 3.05) is 17.7 Å². The third-order valence-electron chi connectivity index (χ3n) is 2.58. The quantitative estimate of drug-likeness (QED) is 0.804. The van der Waals surface area contributed by atoms with Crippen LogP contribution in [0.5, 0.6) is 5.75 Å². The molecule has 0 aromatic heterocycles. The molecule has 1 aromatic rings. The number of benzene rings is 1. The third-order valence-corrected chi connectivity index (χ3v) is 3.22. The fourth-order valence-corrected chi connectivity index (χ4v) is 1.58. The van der Waals surface area contributed by atoms with Gasteiger partial charge in [-0.1, -0.05) is 12.1 Å². The number of nitriles is 1. The van der Waals surface area contributed by atoms with Crippen LogP contribution in [0.3, 0.4) is 0 Å². The van der Waals surface area contributed by atoms with Gasteiger partial charge in [0.15, 0.2) is 0 Å². The number of para-hydroxylation sites is 2. The molecule has 1 N–H and O–H groups in total. The van der Waals surface area contributed by atoms with Gasteiger partial charge in [0.1, 0.15) is 11.2 Å². The number of aromatic hydroxyl groups is 1. The Morgan fingerprint density at radius 3 is 2.65 bits per heavy atom. The minimum Gasteiger partial charge on any atom is -0.506 e. The zero-order chi connectivity index (χ0) is 13.1. The Bertz CT molecular complexity index is 470. The van der Waals surface area contributed by atoms with Gasteiger partial charge in [0.25, 0.3) is 0 Å². The largest absolute Gasteiger partial charge is 0.506 e. The topological polar surface area (TPSA) is 64.3 Å². The van der Waals surface area contributed by atoms with E-state index in [0.717, 1.165) is 0 Å². The maximum Gasteiger partial charge on any atom is 0.247 e. The standard InChI is InChI=1S/C12H14N2O2S/c1-12(7-13,8-17)11(16)14(2)9-5-3-4-6-10(9)15/h3-6,15,17H,8H2,1-2H3. The Morgan fingerprint density at radius 2 is 2.18 bits per heavy atom. The van der Waals surface area contributed by atoms with Crippen LogP contribution in [0.25, 0.3) is 0 Å². The number of thiol groups is 1. The summed E-state index contributed by atoms with van der Waals surface area (Å²) in [5, 5.41) is 18.7. The lowest BCUT2D eigenvalue weighted by Crippen LogP contribution is -2.40. The van der Waals surface area contributed by atoms with Gasteiger partial charge in [-0.05, 0) is 19.1 Å². The summed E-state index contributed by atoms with van der Waals surface area (Å²) in [7, 11) is 1.52. The molecule has 0 bridgehead atoms. The average Bonchev–Trinajstić information content (AvgIpc) is 2.36. The second kappa shape index (κ2) is 5.11. The smallest absolute Gasteiger partial charge is 0.247 e. The number of phenols is 1. The highest BCUT2D eigenvalue weighted by Gasteiger charge is 2.35. The van der Waals surface area contributed by atoms with E-state index >= 15 is 0 Å². The van der Waals surface area contributed by atoms with Gasteiger partial charge in [-0.3, -0.25) is 4.79 Å². The number of anilines is 1. The predicted octanol–water partition coefficient (Wildman–Crippen LogP) is 1.81. The molecule has 0 radical (unpaired) electrons. The van der Waals surface area contributed by atoms with Crippen molar-refractivity contribution in [2.24, 2.45) is 5.41 Å². The van der Waals surface area contributed by atoms with E-state index in [1.165, 1.54) is 24.9 Å². The van der Waals surface area contributed by atoms with Crippen LogP contribution in [0.4, 0.5) is 5.69 Å². The Morgan fingerprint density at radius 1 is 1.59 bits per heavy atom. The summed E-state index contributed by atoms with van der Waals surface area (Å²) in [5.41, 5.74) is -0.819. The summed E-state index contributed by atoms with van der Waals surface area (Å²) in [6, 6.07) is 8.43. The highest BCUT2D eigenvalue weighted by molar-refractivity contribution is 7.80. The molecule has 1 amide bonds. The van der Waals surface area contributed by atoms with E-state index in [1.54, 1.807) is 18.2 Å². The number of hydrogen-bond acceptors (Lipinski definition) is 4. The SMILES string of the molecule is CN(C(=O)C(C)(C#N)CS)c1ccccc1O. The highest BCUT2D eigenvalue weighted by atomic mass is 32.1. The van der Waals surface area contributed by atoms with Crippen molar-refractivity contribution in [1.82, 2.24) is 0 Å². The van der Waals surface area contributed by atoms with E-state index in [2.05, 4.69) is 12.6 Å². The van der Waals surface area contributed by atoms with Gasteiger partial charge < -0.3 is 10.0 Å². The number of carbonyl (C=O) groups excluding carboxylic acids is 1. The van der Waals surface area contributed by atoms with E-state index in [9.17, 15) is 9.90 Å². The molecule has 5 heteroatoms. The van der Waals surface area contributed by atoms with E-state index in [-0.39, 0.29) is 11.5 Å². The predicted molar refractivity (Wildman–Crippen MR) is 69.1 cm³/mol. The van der Waals surface area contributed by atoms with E-state index in [4.69, 9.17) is 5.26 Å². The van der Waals surface area contributed by atoms with E-state index in [1.807, 2.05) is 6.07 Å². The van der Waals surface area contributed by atoms with Crippen molar-refractivity contribution in [2.45, 2.75) is 6.92 Å². The summed E-state index contributed by atoms with van der Waals surface area (Å²) >= 11 is 4.02. The van der Waals surface area contributed by atoms with Crippen molar-refractivity contribution in [3.8, 4) is 11.8 Å². The normalized spacial score (nSPS) is 13.5. The molecule has 0 fully saturated rings. The van der Waals surface area contributed by atoms with Crippen molar-refractivity contribution < 1.29 is 9.90 Å². The molecular formula is C12H14N2O2S. The Kier molecular flexibility index (Phi) is 4.02. The number of rotatable bonds is 3. The molecule has 90 valence electrons. The second-order valence-corrected chi connectivity index (χ2v) is 4.27. The lowest BCUT2D eigenvalue weighted by atomic mass is 9.93. The second-order valence-electron chi connectivity index (χ2n) is 3.95. The van der Waals surface area contributed by atoms with Crippen LogP contribution in [-0.4, -0.2) is 23.8 Å². The van der Waals surface area contributed by atoms with E-state index in [0.29, 0.717) is 5.69 Å². The number of phenolic OH excluding ortho intramolecular Hbond substituents is 1. The number of nitrogens with zero attached hydrogens (tertiary/aromatic N) is 2. The Balaban J connectivity index is 3.08. The summed E-state index contributed by atoms with van der Waals surface area (Å²) < 4.78 is 0. The van der Waals surface area contributed by atoms with Gasteiger partial charge in [0, 0.05) is 12.8 Å². The molecule has 1 unspecified atom stereocenters. The van der Waals surface area contributed by atoms with Crippen molar-refractivity contribution in [3.63, 3.8) is 0 Å². The molecule has 17 heavy (non-hydrogen) atoms. The minimum absolute atomic E-state index is 0.00260. The maximum absolute atomic E-state index is 12.1. The van der Waals surface area contributed by atoms with Crippen LogP contribution in [0.1, 0.15) is 6.92 Å². The van der Waals surface area contributed by atoms with Gasteiger partial charge in [-0.15, -0.1) is 0 Å². The summed E-state index contributed by atoms with van der Waals surface area (Å²) in [4.78, 5) is 13.4. The van der Waals surface area contributed by atoms with Crippen LogP contribution in [0.15, 0.2) is 24.3 Å². The van der Waals surface area contributed by atoms with Gasteiger partial charge >= 0.3 is 0 Å². The lowest BCUT2D eigenvalue weighted by molar-refractivity contribution is -0.123. The van der Waals surface area contributed by atoms with Crippen molar-refractivity contribution >= 4 is 24.2 Å². The van der Waals surface area contributed by atoms with Crippen LogP contribution in [0, 0.1) is 16.7 Å². The first kappa shape index (κ1) is 13.4. The van der Waals surface area contributed by atoms with Gasteiger partial charge in [-0.25, -0.2) is 0 Å². The molecule has 1 atom stereocenters. The monoisotopic (exact) mass is 250 g/mol. The van der Waals surface area contributed by atoms with Crippen molar-refractivity contribution in [3.05, 3.63) is 24.3 Å². The Hall–Kier alpha value is -1.67. The van der Waals surface area contributed by atoms with Crippen molar-refractivity contribution in [1.29, 1.82) is 5.26 Å². The molecule has 0 saturated carbocycles. The fourth-order valence-electron chi connectivity index (χ4n) is 1.38. The Labute approximate surface area is 106 Å². The molecule has 0 aliphatic carbocycles. The molecule has 1 aromatic carbocycles. The molecule has 0 saturated heterocycles. The molecular weight excluding hydrogens is 236 g/mol. The third kappa shape index (κ3) is 2.53. The molecule has 4 nitrogen and oxygen atoms in total. The summed E-state index contributed by atoms with van der Waals surface area (Å²) in [6.07, 6.45) is 0. The summed E-state index contributed by atoms with van der Waals surface area (Å²) in [6.45, 7) is 1.53. The lowest BCUT2D eigenvalue weighted by Gasteiger charge is -2.26. The van der Waals surface area contributed by atoms with Crippen LogP contribution in [0.2, 0.25) is 0 Å². The molecule has 0 spiro atoms. The van der Waals surface area contributed by atoms with Crippen LogP contribution >= 0.6 is 12.6 Å². The first-order valence-corrected chi connectivity index (χ1v) is 5.68. The van der Waals surface area contributed by atoms with Gasteiger partial charge in [0.2, 0.25) is 5.91 Å². The maximum atomic E-state index is 12.1. The first-order valence-electron chi connectivity index (χ1n) is 5.04. The zero-order valence-corrected chi connectivity index (χ0v) is 10.6. The minimum atomic E-state index is -1.19. The zero-order valence-electron chi connectivity index (χ0n) is 9.71.